The van der Waals surface area contributed by atoms with Crippen molar-refractivity contribution in [3.63, 3.8) is 0 Å². The van der Waals surface area contributed by atoms with Crippen molar-refractivity contribution in [1.82, 2.24) is 26.3 Å². The van der Waals surface area contributed by atoms with Crippen molar-refractivity contribution in [2.24, 2.45) is 5.92 Å². The van der Waals surface area contributed by atoms with E-state index in [0.717, 1.165) is 56.0 Å². The first-order valence-corrected chi connectivity index (χ1v) is 12.8. The van der Waals surface area contributed by atoms with E-state index in [1.165, 1.54) is 19.3 Å². The SMILES string of the molecule is O=C(N[C@@H]1CCCNC1)C1=C2NC(=O)N(c3ccnc(C4CCC4)c3)C3CCNC(S1)C23. The molecule has 4 N–H and O–H groups in total. The Bertz CT molecular complexity index is 958. The zero-order chi connectivity index (χ0) is 21.7. The topological polar surface area (TPSA) is 98.4 Å². The Hall–Kier alpha value is -2.10. The van der Waals surface area contributed by atoms with Crippen molar-refractivity contribution in [1.29, 1.82) is 0 Å². The number of thioether (sulfide) groups is 1. The molecule has 0 spiro atoms. The van der Waals surface area contributed by atoms with E-state index < -0.39 is 0 Å². The van der Waals surface area contributed by atoms with E-state index in [2.05, 4.69) is 32.3 Å². The van der Waals surface area contributed by atoms with Gasteiger partial charge in [0.2, 0.25) is 0 Å². The summed E-state index contributed by atoms with van der Waals surface area (Å²) >= 11 is 1.57. The standard InChI is InChI=1S/C23H30N6O2S/c30-21(27-14-5-2-8-24-12-14)20-19-18-17(7-10-26-22(18)32-20)29(23(31)28-19)15-6-9-25-16(11-15)13-3-1-4-13/h6,9,11,13-14,17-18,22,24,26H,1-5,7-8,10,12H2,(H,27,30)(H,28,31)/t14-,17?,18?,22?/m1/s1. The molecule has 3 amide bonds. The van der Waals surface area contributed by atoms with Crippen molar-refractivity contribution in [2.75, 3.05) is 24.5 Å². The first-order valence-electron chi connectivity index (χ1n) is 11.9. The fraction of sp³-hybridized carbons (Fsp3) is 0.609. The van der Waals surface area contributed by atoms with Crippen molar-refractivity contribution in [3.05, 3.63) is 34.6 Å². The lowest BCUT2D eigenvalue weighted by Gasteiger charge is -2.46. The molecular weight excluding hydrogens is 424 g/mol. The zero-order valence-corrected chi connectivity index (χ0v) is 18.9. The summed E-state index contributed by atoms with van der Waals surface area (Å²) in [5.74, 6) is 0.543. The van der Waals surface area contributed by atoms with Gasteiger partial charge in [0.15, 0.2) is 0 Å². The predicted octanol–water partition coefficient (Wildman–Crippen LogP) is 2.01. The summed E-state index contributed by atoms with van der Waals surface area (Å²) in [4.78, 5) is 33.7. The zero-order valence-electron chi connectivity index (χ0n) is 18.1. The molecule has 3 unspecified atom stereocenters. The summed E-state index contributed by atoms with van der Waals surface area (Å²) in [5.41, 5.74) is 2.81. The Morgan fingerprint density at radius 1 is 1.19 bits per heavy atom. The van der Waals surface area contributed by atoms with E-state index >= 15 is 0 Å². The van der Waals surface area contributed by atoms with Crippen LogP contribution in [0, 0.1) is 5.92 Å². The van der Waals surface area contributed by atoms with Crippen LogP contribution in [0.25, 0.3) is 0 Å². The van der Waals surface area contributed by atoms with Crippen LogP contribution >= 0.6 is 11.8 Å². The van der Waals surface area contributed by atoms with Gasteiger partial charge in [-0.1, -0.05) is 18.2 Å². The molecule has 4 fully saturated rings. The first kappa shape index (κ1) is 20.5. The second kappa shape index (κ2) is 8.35. The number of carbonyl (C=O) groups is 2. The van der Waals surface area contributed by atoms with Crippen LogP contribution < -0.4 is 26.2 Å². The minimum Gasteiger partial charge on any atom is -0.348 e. The van der Waals surface area contributed by atoms with E-state index in [1.807, 2.05) is 17.2 Å². The van der Waals surface area contributed by atoms with Gasteiger partial charge in [0.1, 0.15) is 0 Å². The van der Waals surface area contributed by atoms with E-state index in [0.29, 0.717) is 10.8 Å². The number of nitrogens with one attached hydrogen (secondary N) is 4. The van der Waals surface area contributed by atoms with Crippen molar-refractivity contribution in [3.8, 4) is 0 Å². The Morgan fingerprint density at radius 2 is 2.09 bits per heavy atom. The fourth-order valence-electron chi connectivity index (χ4n) is 5.66. The van der Waals surface area contributed by atoms with Gasteiger partial charge in [0.05, 0.1) is 16.3 Å². The highest BCUT2D eigenvalue weighted by Crippen LogP contribution is 2.48. The summed E-state index contributed by atoms with van der Waals surface area (Å²) in [7, 11) is 0. The maximum Gasteiger partial charge on any atom is 0.326 e. The Balaban J connectivity index is 1.28. The molecular formula is C23H30N6O2S. The van der Waals surface area contributed by atoms with Crippen LogP contribution in [-0.4, -0.2) is 54.0 Å². The number of hydrogen-bond acceptors (Lipinski definition) is 6. The normalized spacial score (nSPS) is 32.2. The van der Waals surface area contributed by atoms with E-state index in [-0.39, 0.29) is 35.3 Å². The minimum atomic E-state index is -0.139. The molecule has 4 aliphatic heterocycles. The van der Waals surface area contributed by atoms with Gasteiger partial charge in [-0.3, -0.25) is 14.7 Å². The summed E-state index contributed by atoms with van der Waals surface area (Å²) < 4.78 is 0. The molecule has 32 heavy (non-hydrogen) atoms. The molecule has 1 aliphatic carbocycles. The average Bonchev–Trinajstić information content (AvgIpc) is 3.13. The number of rotatable bonds is 4. The number of anilines is 1. The van der Waals surface area contributed by atoms with Crippen molar-refractivity contribution in [2.45, 2.75) is 61.9 Å². The third kappa shape index (κ3) is 3.50. The number of aromatic nitrogens is 1. The molecule has 4 atom stereocenters. The fourth-order valence-corrected chi connectivity index (χ4v) is 7.06. The summed E-state index contributed by atoms with van der Waals surface area (Å²) in [6.45, 7) is 2.64. The summed E-state index contributed by atoms with van der Waals surface area (Å²) in [6, 6.07) is 4.09. The van der Waals surface area contributed by atoms with Crippen LogP contribution in [0.3, 0.4) is 0 Å². The predicted molar refractivity (Wildman–Crippen MR) is 124 cm³/mol. The molecule has 8 nitrogen and oxygen atoms in total. The van der Waals surface area contributed by atoms with Gasteiger partial charge in [-0.05, 0) is 57.3 Å². The first-order chi connectivity index (χ1) is 15.7. The van der Waals surface area contributed by atoms with Crippen LogP contribution in [-0.2, 0) is 4.79 Å². The smallest absolute Gasteiger partial charge is 0.326 e. The van der Waals surface area contributed by atoms with Gasteiger partial charge >= 0.3 is 6.03 Å². The van der Waals surface area contributed by atoms with E-state index in [4.69, 9.17) is 0 Å². The highest BCUT2D eigenvalue weighted by molar-refractivity contribution is 8.04. The molecule has 1 saturated carbocycles. The second-order valence-electron chi connectivity index (χ2n) is 9.50. The van der Waals surface area contributed by atoms with Crippen LogP contribution in [0.4, 0.5) is 10.5 Å². The molecule has 0 radical (unpaired) electrons. The van der Waals surface area contributed by atoms with Gasteiger partial charge in [0, 0.05) is 47.7 Å². The maximum absolute atomic E-state index is 13.3. The van der Waals surface area contributed by atoms with Gasteiger partial charge in [-0.2, -0.15) is 0 Å². The Kier molecular flexibility index (Phi) is 5.35. The third-order valence-electron chi connectivity index (χ3n) is 7.55. The average molecular weight is 455 g/mol. The lowest BCUT2D eigenvalue weighted by atomic mass is 9.82. The van der Waals surface area contributed by atoms with Crippen LogP contribution in [0.5, 0.6) is 0 Å². The number of carbonyl (C=O) groups excluding carboxylic acids is 2. The molecule has 0 bridgehead atoms. The van der Waals surface area contributed by atoms with Crippen molar-refractivity contribution < 1.29 is 9.59 Å². The van der Waals surface area contributed by atoms with Gasteiger partial charge in [-0.15, -0.1) is 0 Å². The minimum absolute atomic E-state index is 0.0378. The third-order valence-corrected chi connectivity index (χ3v) is 8.90. The number of urea groups is 1. The molecule has 6 rings (SSSR count). The lowest BCUT2D eigenvalue weighted by molar-refractivity contribution is -0.117. The molecule has 3 saturated heterocycles. The number of hydrogen-bond donors (Lipinski definition) is 4. The van der Waals surface area contributed by atoms with E-state index in [1.54, 1.807) is 11.8 Å². The molecule has 5 aliphatic rings. The molecule has 1 aromatic heterocycles. The number of amides is 3. The number of pyridine rings is 1. The van der Waals surface area contributed by atoms with Crippen LogP contribution in [0.15, 0.2) is 28.9 Å². The number of nitrogens with zero attached hydrogens (tertiary/aromatic N) is 2. The molecule has 0 aromatic carbocycles. The van der Waals surface area contributed by atoms with Crippen molar-refractivity contribution >= 4 is 29.4 Å². The highest BCUT2D eigenvalue weighted by atomic mass is 32.2. The quantitative estimate of drug-likeness (QED) is 0.556. The summed E-state index contributed by atoms with van der Waals surface area (Å²) in [5, 5.41) is 13.3. The van der Waals surface area contributed by atoms with Crippen LogP contribution in [0.2, 0.25) is 0 Å². The monoisotopic (exact) mass is 454 g/mol. The number of piperidine rings is 2. The Morgan fingerprint density at radius 3 is 2.88 bits per heavy atom. The van der Waals surface area contributed by atoms with Crippen LogP contribution in [0.1, 0.15) is 50.1 Å². The van der Waals surface area contributed by atoms with Gasteiger partial charge < -0.3 is 21.3 Å². The van der Waals surface area contributed by atoms with Gasteiger partial charge in [0.25, 0.3) is 5.91 Å². The largest absolute Gasteiger partial charge is 0.348 e. The second-order valence-corrected chi connectivity index (χ2v) is 10.7. The molecule has 5 heterocycles. The maximum atomic E-state index is 13.3. The lowest BCUT2D eigenvalue weighted by Crippen LogP contribution is -2.62. The molecule has 9 heteroatoms. The summed E-state index contributed by atoms with van der Waals surface area (Å²) in [6.07, 6.45) is 8.37. The molecule has 170 valence electrons. The van der Waals surface area contributed by atoms with E-state index in [9.17, 15) is 9.59 Å². The van der Waals surface area contributed by atoms with Gasteiger partial charge in [-0.25, -0.2) is 4.79 Å². The highest BCUT2D eigenvalue weighted by Gasteiger charge is 2.51. The molecule has 1 aromatic rings. The Labute approximate surface area is 192 Å².